The molecule has 0 aromatic heterocycles. The molecule has 0 N–H and O–H groups in total. The molecule has 0 spiro atoms. The molecule has 1 heterocycles. The summed E-state index contributed by atoms with van der Waals surface area (Å²) in [5, 5.41) is 11.2. The van der Waals surface area contributed by atoms with Crippen LogP contribution in [0.3, 0.4) is 0 Å². The third-order valence-electron chi connectivity index (χ3n) is 5.17. The number of carbonyl (C=O) groups is 1. The van der Waals surface area contributed by atoms with Crippen LogP contribution in [0.15, 0.2) is 41.3 Å². The summed E-state index contributed by atoms with van der Waals surface area (Å²) in [6, 6.07) is 8.69. The molecule has 1 aliphatic rings. The van der Waals surface area contributed by atoms with Crippen molar-refractivity contribution in [3.8, 4) is 11.5 Å². The molecular formula is C20H23N3O7S. The summed E-state index contributed by atoms with van der Waals surface area (Å²) in [6.07, 6.45) is 0. The van der Waals surface area contributed by atoms with Gasteiger partial charge in [-0.3, -0.25) is 14.9 Å². The summed E-state index contributed by atoms with van der Waals surface area (Å²) in [7, 11) is -0.935. The fourth-order valence-corrected chi connectivity index (χ4v) is 4.82. The maximum Gasteiger partial charge on any atom is 0.273 e. The van der Waals surface area contributed by atoms with Gasteiger partial charge < -0.3 is 14.4 Å². The van der Waals surface area contributed by atoms with Crippen molar-refractivity contribution in [3.63, 3.8) is 0 Å². The molecule has 10 nitrogen and oxygen atoms in total. The molecule has 11 heteroatoms. The van der Waals surface area contributed by atoms with Crippen LogP contribution in [0, 0.1) is 17.0 Å². The Morgan fingerprint density at radius 3 is 2.23 bits per heavy atom. The number of amides is 1. The zero-order chi connectivity index (χ0) is 22.8. The second kappa shape index (κ2) is 8.90. The van der Waals surface area contributed by atoms with Crippen LogP contribution in [-0.2, 0) is 10.0 Å². The van der Waals surface area contributed by atoms with E-state index < -0.39 is 14.9 Å². The molecule has 2 aromatic rings. The van der Waals surface area contributed by atoms with E-state index in [0.717, 1.165) is 6.07 Å². The summed E-state index contributed by atoms with van der Waals surface area (Å²) in [4.78, 5) is 24.8. The fourth-order valence-electron chi connectivity index (χ4n) is 3.38. The zero-order valence-electron chi connectivity index (χ0n) is 17.4. The number of rotatable bonds is 6. The molecule has 1 fully saturated rings. The minimum Gasteiger partial charge on any atom is -0.493 e. The number of benzene rings is 2. The predicted molar refractivity (Wildman–Crippen MR) is 112 cm³/mol. The highest BCUT2D eigenvalue weighted by Crippen LogP contribution is 2.29. The molecule has 0 unspecified atom stereocenters. The first-order valence-electron chi connectivity index (χ1n) is 9.45. The van der Waals surface area contributed by atoms with Crippen LogP contribution in [0.2, 0.25) is 0 Å². The van der Waals surface area contributed by atoms with Gasteiger partial charge in [0, 0.05) is 43.4 Å². The average Bonchev–Trinajstić information content (AvgIpc) is 2.78. The van der Waals surface area contributed by atoms with E-state index in [0.29, 0.717) is 22.6 Å². The summed E-state index contributed by atoms with van der Waals surface area (Å²) in [5.74, 6) is 0.682. The lowest BCUT2D eigenvalue weighted by Crippen LogP contribution is -2.50. The summed E-state index contributed by atoms with van der Waals surface area (Å²) in [5.41, 5.74) is 0.542. The van der Waals surface area contributed by atoms with E-state index in [9.17, 15) is 23.3 Å². The number of nitro groups is 1. The van der Waals surface area contributed by atoms with Crippen molar-refractivity contribution in [2.24, 2.45) is 0 Å². The molecule has 0 saturated carbocycles. The average molecular weight is 449 g/mol. The minimum absolute atomic E-state index is 0.0863. The normalized spacial score (nSPS) is 14.9. The number of sulfonamides is 1. The quantitative estimate of drug-likeness (QED) is 0.489. The van der Waals surface area contributed by atoms with Gasteiger partial charge in [0.2, 0.25) is 10.0 Å². The van der Waals surface area contributed by atoms with E-state index in [2.05, 4.69) is 0 Å². The highest BCUT2D eigenvalue weighted by Gasteiger charge is 2.31. The Hall–Kier alpha value is -3.18. The summed E-state index contributed by atoms with van der Waals surface area (Å²) < 4.78 is 37.5. The molecule has 31 heavy (non-hydrogen) atoms. The van der Waals surface area contributed by atoms with Crippen molar-refractivity contribution in [2.75, 3.05) is 40.4 Å². The van der Waals surface area contributed by atoms with Gasteiger partial charge in [-0.15, -0.1) is 0 Å². The van der Waals surface area contributed by atoms with Crippen LogP contribution in [0.1, 0.15) is 15.9 Å². The monoisotopic (exact) mass is 449 g/mol. The first-order chi connectivity index (χ1) is 14.7. The smallest absolute Gasteiger partial charge is 0.273 e. The van der Waals surface area contributed by atoms with E-state index >= 15 is 0 Å². The Labute approximate surface area is 180 Å². The van der Waals surface area contributed by atoms with Crippen molar-refractivity contribution in [1.82, 2.24) is 9.21 Å². The lowest BCUT2D eigenvalue weighted by Gasteiger charge is -2.34. The molecule has 3 rings (SSSR count). The van der Waals surface area contributed by atoms with Crippen molar-refractivity contribution >= 4 is 21.6 Å². The maximum atomic E-state index is 12.9. The number of methoxy groups -OCH3 is 2. The maximum absolute atomic E-state index is 12.9. The second-order valence-electron chi connectivity index (χ2n) is 6.97. The van der Waals surface area contributed by atoms with Gasteiger partial charge in [-0.2, -0.15) is 4.31 Å². The zero-order valence-corrected chi connectivity index (χ0v) is 18.2. The molecular weight excluding hydrogens is 426 g/mol. The molecule has 1 saturated heterocycles. The summed E-state index contributed by atoms with van der Waals surface area (Å²) >= 11 is 0. The Morgan fingerprint density at radius 2 is 1.65 bits per heavy atom. The Morgan fingerprint density at radius 1 is 1.00 bits per heavy atom. The lowest BCUT2D eigenvalue weighted by atomic mass is 10.1. The molecule has 0 bridgehead atoms. The van der Waals surface area contributed by atoms with Crippen LogP contribution in [0.5, 0.6) is 11.5 Å². The summed E-state index contributed by atoms with van der Waals surface area (Å²) in [6.45, 7) is 2.11. The second-order valence-corrected chi connectivity index (χ2v) is 8.91. The van der Waals surface area contributed by atoms with Crippen LogP contribution < -0.4 is 9.47 Å². The Balaban J connectivity index is 1.74. The number of carbonyl (C=O) groups excluding carboxylic acids is 1. The van der Waals surface area contributed by atoms with E-state index in [1.165, 1.54) is 30.7 Å². The molecule has 0 aliphatic carbocycles. The van der Waals surface area contributed by atoms with Crippen molar-refractivity contribution in [2.45, 2.75) is 11.8 Å². The third kappa shape index (κ3) is 4.47. The SMILES string of the molecule is COc1ccc(C(=O)N2CCN(S(=O)(=O)c3ccc(C)c([N+](=O)[O-])c3)CC2)cc1OC. The fraction of sp³-hybridized carbons (Fsp3) is 0.350. The molecule has 0 atom stereocenters. The van der Waals surface area contributed by atoms with E-state index in [1.54, 1.807) is 30.0 Å². The van der Waals surface area contributed by atoms with Gasteiger partial charge in [0.05, 0.1) is 24.0 Å². The van der Waals surface area contributed by atoms with Gasteiger partial charge in [0.25, 0.3) is 11.6 Å². The van der Waals surface area contributed by atoms with Gasteiger partial charge in [-0.1, -0.05) is 6.07 Å². The van der Waals surface area contributed by atoms with Crippen molar-refractivity contribution < 1.29 is 27.6 Å². The minimum atomic E-state index is -3.91. The van der Waals surface area contributed by atoms with E-state index in [4.69, 9.17) is 9.47 Å². The number of hydrogen-bond acceptors (Lipinski definition) is 7. The van der Waals surface area contributed by atoms with Crippen molar-refractivity contribution in [3.05, 3.63) is 57.6 Å². The lowest BCUT2D eigenvalue weighted by molar-refractivity contribution is -0.385. The number of nitrogens with zero attached hydrogens (tertiary/aromatic N) is 3. The standard InChI is InChI=1S/C20H23N3O7S/c1-14-4-6-16(13-17(14)23(25)26)31(27,28)22-10-8-21(9-11-22)20(24)15-5-7-18(29-2)19(12-15)30-3/h4-7,12-13H,8-11H2,1-3H3. The molecule has 2 aromatic carbocycles. The molecule has 0 radical (unpaired) electrons. The number of hydrogen-bond donors (Lipinski definition) is 0. The third-order valence-corrected chi connectivity index (χ3v) is 7.07. The highest BCUT2D eigenvalue weighted by molar-refractivity contribution is 7.89. The molecule has 1 aliphatic heterocycles. The number of ether oxygens (including phenoxy) is 2. The van der Waals surface area contributed by atoms with Crippen LogP contribution in [-0.4, -0.2) is 68.9 Å². The first-order valence-corrected chi connectivity index (χ1v) is 10.9. The van der Waals surface area contributed by atoms with Gasteiger partial charge in [-0.25, -0.2) is 8.42 Å². The molecule has 166 valence electrons. The largest absolute Gasteiger partial charge is 0.493 e. The van der Waals surface area contributed by atoms with Gasteiger partial charge in [0.15, 0.2) is 11.5 Å². The first kappa shape index (κ1) is 22.5. The number of nitro benzene ring substituents is 1. The van der Waals surface area contributed by atoms with Crippen molar-refractivity contribution in [1.29, 1.82) is 0 Å². The van der Waals surface area contributed by atoms with E-state index in [-0.39, 0.29) is 42.7 Å². The predicted octanol–water partition coefficient (Wildman–Crippen LogP) is 2.07. The number of piperazine rings is 1. The Bertz CT molecular complexity index is 1110. The molecule has 1 amide bonds. The van der Waals surface area contributed by atoms with Gasteiger partial charge in [0.1, 0.15) is 0 Å². The van der Waals surface area contributed by atoms with E-state index in [1.807, 2.05) is 0 Å². The topological polar surface area (TPSA) is 119 Å². The van der Waals surface area contributed by atoms with Gasteiger partial charge >= 0.3 is 0 Å². The number of aryl methyl sites for hydroxylation is 1. The van der Waals surface area contributed by atoms with Crippen LogP contribution in [0.25, 0.3) is 0 Å². The highest BCUT2D eigenvalue weighted by atomic mass is 32.2. The van der Waals surface area contributed by atoms with Gasteiger partial charge in [-0.05, 0) is 31.2 Å². The van der Waals surface area contributed by atoms with Crippen LogP contribution >= 0.6 is 0 Å². The van der Waals surface area contributed by atoms with Crippen LogP contribution in [0.4, 0.5) is 5.69 Å². The Kier molecular flexibility index (Phi) is 6.46.